The number of amides is 1. The predicted molar refractivity (Wildman–Crippen MR) is 97.1 cm³/mol. The van der Waals surface area contributed by atoms with E-state index in [1.165, 1.54) is 0 Å². The summed E-state index contributed by atoms with van der Waals surface area (Å²) < 4.78 is 7.14. The van der Waals surface area contributed by atoms with E-state index in [1.807, 2.05) is 13.1 Å². The van der Waals surface area contributed by atoms with Crippen molar-refractivity contribution >= 4 is 12.1 Å². The van der Waals surface area contributed by atoms with Crippen molar-refractivity contribution in [3.63, 3.8) is 0 Å². The van der Waals surface area contributed by atoms with Gasteiger partial charge in [0, 0.05) is 38.1 Å². The Hall–Kier alpha value is -2.25. The number of aliphatic imine (C=N–C) groups is 1. The predicted octanol–water partition coefficient (Wildman–Crippen LogP) is 1.56. The number of guanidine groups is 1. The molecule has 25 heavy (non-hydrogen) atoms. The Labute approximate surface area is 149 Å². The number of nitrogens with one attached hydrogen (secondary N) is 1. The van der Waals surface area contributed by atoms with Crippen LogP contribution in [0.15, 0.2) is 17.4 Å². The summed E-state index contributed by atoms with van der Waals surface area (Å²) in [5.41, 5.74) is 6.01. The SMILES string of the molecule is CCOC(=O)N1CCC(NC(N)=NCc2nccn2CC(C)C)CC1. The van der Waals surface area contributed by atoms with Crippen LogP contribution in [0, 0.1) is 5.92 Å². The van der Waals surface area contributed by atoms with E-state index in [0.29, 0.717) is 38.1 Å². The second kappa shape index (κ2) is 9.29. The van der Waals surface area contributed by atoms with Gasteiger partial charge < -0.3 is 25.3 Å². The fourth-order valence-corrected chi connectivity index (χ4v) is 2.88. The van der Waals surface area contributed by atoms with Gasteiger partial charge in [-0.2, -0.15) is 0 Å². The van der Waals surface area contributed by atoms with Crippen molar-refractivity contribution in [2.75, 3.05) is 19.7 Å². The normalized spacial score (nSPS) is 16.3. The molecule has 1 aromatic rings. The maximum Gasteiger partial charge on any atom is 0.409 e. The molecule has 0 saturated carbocycles. The standard InChI is InChI=1S/C17H30N6O2/c1-4-25-17(24)22-8-5-14(6-9-22)21-16(18)20-11-15-19-7-10-23(15)12-13(2)3/h7,10,13-14H,4-6,8-9,11-12H2,1-3H3,(H3,18,20,21). The van der Waals surface area contributed by atoms with Crippen LogP contribution in [0.5, 0.6) is 0 Å². The summed E-state index contributed by atoms with van der Waals surface area (Å²) in [6.45, 7) is 9.28. The maximum atomic E-state index is 11.7. The molecule has 1 aromatic heterocycles. The molecule has 8 heteroatoms. The lowest BCUT2D eigenvalue weighted by molar-refractivity contribution is 0.0963. The van der Waals surface area contributed by atoms with E-state index in [2.05, 4.69) is 33.7 Å². The van der Waals surface area contributed by atoms with Crippen molar-refractivity contribution in [1.29, 1.82) is 0 Å². The molecule has 8 nitrogen and oxygen atoms in total. The fraction of sp³-hybridized carbons (Fsp3) is 0.706. The summed E-state index contributed by atoms with van der Waals surface area (Å²) in [6, 6.07) is 0.227. The minimum atomic E-state index is -0.237. The van der Waals surface area contributed by atoms with Crippen molar-refractivity contribution < 1.29 is 9.53 Å². The highest BCUT2D eigenvalue weighted by Crippen LogP contribution is 2.11. The van der Waals surface area contributed by atoms with Gasteiger partial charge in [-0.05, 0) is 25.7 Å². The van der Waals surface area contributed by atoms with Gasteiger partial charge >= 0.3 is 6.09 Å². The molecule has 0 spiro atoms. The van der Waals surface area contributed by atoms with Crippen LogP contribution in [0.3, 0.4) is 0 Å². The molecule has 1 aliphatic heterocycles. The largest absolute Gasteiger partial charge is 0.450 e. The third-order valence-corrected chi connectivity index (χ3v) is 4.13. The van der Waals surface area contributed by atoms with Gasteiger partial charge in [0.1, 0.15) is 12.4 Å². The third-order valence-electron chi connectivity index (χ3n) is 4.13. The number of hydrogen-bond donors (Lipinski definition) is 2. The van der Waals surface area contributed by atoms with Crippen LogP contribution < -0.4 is 11.1 Å². The van der Waals surface area contributed by atoms with Crippen LogP contribution in [0.2, 0.25) is 0 Å². The number of ether oxygens (including phenoxy) is 1. The lowest BCUT2D eigenvalue weighted by Crippen LogP contribution is -2.48. The molecule has 1 aliphatic rings. The van der Waals surface area contributed by atoms with E-state index in [1.54, 1.807) is 11.1 Å². The van der Waals surface area contributed by atoms with E-state index in [-0.39, 0.29) is 12.1 Å². The van der Waals surface area contributed by atoms with E-state index in [4.69, 9.17) is 10.5 Å². The van der Waals surface area contributed by atoms with Crippen LogP contribution in [-0.4, -0.2) is 52.2 Å². The first-order chi connectivity index (χ1) is 12.0. The second-order valence-corrected chi connectivity index (χ2v) is 6.70. The van der Waals surface area contributed by atoms with Crippen molar-refractivity contribution in [2.24, 2.45) is 16.6 Å². The van der Waals surface area contributed by atoms with E-state index >= 15 is 0 Å². The minimum absolute atomic E-state index is 0.227. The maximum absolute atomic E-state index is 11.7. The molecule has 140 valence electrons. The molecule has 2 heterocycles. The molecule has 1 fully saturated rings. The number of nitrogens with two attached hydrogens (primary N) is 1. The zero-order valence-corrected chi connectivity index (χ0v) is 15.4. The number of aromatic nitrogens is 2. The van der Waals surface area contributed by atoms with Gasteiger partial charge in [0.25, 0.3) is 0 Å². The third kappa shape index (κ3) is 5.95. The van der Waals surface area contributed by atoms with E-state index < -0.39 is 0 Å². The van der Waals surface area contributed by atoms with Gasteiger partial charge in [0.2, 0.25) is 0 Å². The van der Waals surface area contributed by atoms with Crippen LogP contribution in [-0.2, 0) is 17.8 Å². The summed E-state index contributed by atoms with van der Waals surface area (Å²) in [5, 5.41) is 3.24. The van der Waals surface area contributed by atoms with Gasteiger partial charge in [-0.15, -0.1) is 0 Å². The van der Waals surface area contributed by atoms with Gasteiger partial charge in [-0.1, -0.05) is 13.8 Å². The summed E-state index contributed by atoms with van der Waals surface area (Å²) in [7, 11) is 0. The number of carbonyl (C=O) groups excluding carboxylic acids is 1. The van der Waals surface area contributed by atoms with E-state index in [0.717, 1.165) is 25.2 Å². The summed E-state index contributed by atoms with van der Waals surface area (Å²) >= 11 is 0. The van der Waals surface area contributed by atoms with Gasteiger partial charge in [0.15, 0.2) is 5.96 Å². The summed E-state index contributed by atoms with van der Waals surface area (Å²) in [5.74, 6) is 1.89. The first-order valence-corrected chi connectivity index (χ1v) is 8.97. The molecular formula is C17H30N6O2. The minimum Gasteiger partial charge on any atom is -0.450 e. The molecule has 3 N–H and O–H groups in total. The average molecular weight is 350 g/mol. The Morgan fingerprint density at radius 2 is 2.20 bits per heavy atom. The zero-order chi connectivity index (χ0) is 18.2. The van der Waals surface area contributed by atoms with Crippen LogP contribution in [0.4, 0.5) is 4.79 Å². The molecule has 0 aliphatic carbocycles. The number of imidazole rings is 1. The second-order valence-electron chi connectivity index (χ2n) is 6.70. The molecule has 1 amide bonds. The molecule has 0 radical (unpaired) electrons. The first-order valence-electron chi connectivity index (χ1n) is 8.97. The summed E-state index contributed by atoms with van der Waals surface area (Å²) in [6.07, 6.45) is 5.19. The van der Waals surface area contributed by atoms with Crippen molar-refractivity contribution in [3.8, 4) is 0 Å². The number of carbonyl (C=O) groups is 1. The Bertz CT molecular complexity index is 575. The van der Waals surface area contributed by atoms with Crippen molar-refractivity contribution in [3.05, 3.63) is 18.2 Å². The van der Waals surface area contributed by atoms with Crippen LogP contribution in [0.25, 0.3) is 0 Å². The smallest absolute Gasteiger partial charge is 0.409 e. The first kappa shape index (κ1) is 19.1. The Morgan fingerprint density at radius 1 is 1.48 bits per heavy atom. The van der Waals surface area contributed by atoms with Crippen LogP contribution >= 0.6 is 0 Å². The zero-order valence-electron chi connectivity index (χ0n) is 15.4. The molecule has 0 bridgehead atoms. The number of hydrogen-bond acceptors (Lipinski definition) is 4. The summed E-state index contributed by atoms with van der Waals surface area (Å²) in [4.78, 5) is 22.2. The Morgan fingerprint density at radius 3 is 2.84 bits per heavy atom. The Kier molecular flexibility index (Phi) is 7.09. The lowest BCUT2D eigenvalue weighted by atomic mass is 10.1. The quantitative estimate of drug-likeness (QED) is 0.599. The molecular weight excluding hydrogens is 320 g/mol. The number of piperidine rings is 1. The molecule has 0 atom stereocenters. The topological polar surface area (TPSA) is 97.8 Å². The molecule has 0 unspecified atom stereocenters. The molecule has 0 aromatic carbocycles. The fourth-order valence-electron chi connectivity index (χ4n) is 2.88. The molecule has 2 rings (SSSR count). The Balaban J connectivity index is 1.79. The van der Waals surface area contributed by atoms with Gasteiger partial charge in [-0.25, -0.2) is 14.8 Å². The van der Waals surface area contributed by atoms with Crippen LogP contribution in [0.1, 0.15) is 39.4 Å². The highest BCUT2D eigenvalue weighted by atomic mass is 16.6. The number of rotatable bonds is 6. The van der Waals surface area contributed by atoms with E-state index in [9.17, 15) is 4.79 Å². The van der Waals surface area contributed by atoms with Gasteiger partial charge in [-0.3, -0.25) is 0 Å². The number of nitrogens with zero attached hydrogens (tertiary/aromatic N) is 4. The monoisotopic (exact) mass is 350 g/mol. The average Bonchev–Trinajstić information content (AvgIpc) is 3.00. The van der Waals surface area contributed by atoms with Gasteiger partial charge in [0.05, 0.1) is 6.61 Å². The number of likely N-dealkylation sites (tertiary alicyclic amines) is 1. The lowest BCUT2D eigenvalue weighted by Gasteiger charge is -2.31. The van der Waals surface area contributed by atoms with Crippen molar-refractivity contribution in [1.82, 2.24) is 19.8 Å². The molecule has 1 saturated heterocycles. The highest BCUT2D eigenvalue weighted by Gasteiger charge is 2.23. The highest BCUT2D eigenvalue weighted by molar-refractivity contribution is 5.78. The van der Waals surface area contributed by atoms with Crippen molar-refractivity contribution in [2.45, 2.75) is 52.7 Å².